The third kappa shape index (κ3) is 3.33. The maximum absolute atomic E-state index is 12.5. The predicted octanol–water partition coefficient (Wildman–Crippen LogP) is 2.64. The lowest BCUT2D eigenvalue weighted by atomic mass is 10.2. The van der Waals surface area contributed by atoms with Crippen LogP contribution in [0.4, 0.5) is 27.6 Å². The standard InChI is InChI=1S/C8H3F5N2O4/c9-7(10)3-1-14-4(2-16)6(5(3)15(17)18)19-8(11,12)13/h1-2,7H. The predicted molar refractivity (Wildman–Crippen MR) is 47.9 cm³/mol. The van der Waals surface area contributed by atoms with Crippen LogP contribution in [0.15, 0.2) is 6.20 Å². The normalized spacial score (nSPS) is 11.5. The number of pyridine rings is 1. The lowest BCUT2D eigenvalue weighted by Crippen LogP contribution is -2.20. The maximum Gasteiger partial charge on any atom is 0.573 e. The van der Waals surface area contributed by atoms with E-state index in [1.54, 1.807) is 0 Å². The Kier molecular flexibility index (Phi) is 3.97. The Morgan fingerprint density at radius 1 is 1.42 bits per heavy atom. The van der Waals surface area contributed by atoms with Gasteiger partial charge in [0.25, 0.3) is 6.43 Å². The molecule has 1 heterocycles. The Morgan fingerprint density at radius 3 is 2.37 bits per heavy atom. The second-order valence-electron chi connectivity index (χ2n) is 3.00. The first-order valence-electron chi connectivity index (χ1n) is 4.33. The van der Waals surface area contributed by atoms with Crippen LogP contribution in [-0.4, -0.2) is 22.6 Å². The van der Waals surface area contributed by atoms with E-state index in [0.29, 0.717) is 0 Å². The molecule has 0 aliphatic heterocycles. The summed E-state index contributed by atoms with van der Waals surface area (Å²) in [5.41, 5.74) is -4.13. The van der Waals surface area contributed by atoms with E-state index in [2.05, 4.69) is 9.72 Å². The average Bonchev–Trinajstić information content (AvgIpc) is 2.25. The third-order valence-electron chi connectivity index (χ3n) is 1.81. The number of hydrogen-bond acceptors (Lipinski definition) is 5. The molecule has 0 aliphatic rings. The van der Waals surface area contributed by atoms with Crippen LogP contribution >= 0.6 is 0 Å². The molecule has 0 aromatic carbocycles. The van der Waals surface area contributed by atoms with Crippen molar-refractivity contribution in [1.82, 2.24) is 4.98 Å². The molecule has 0 amide bonds. The van der Waals surface area contributed by atoms with Gasteiger partial charge in [-0.2, -0.15) is 0 Å². The second-order valence-corrected chi connectivity index (χ2v) is 3.00. The quantitative estimate of drug-likeness (QED) is 0.368. The molecule has 19 heavy (non-hydrogen) atoms. The first-order valence-corrected chi connectivity index (χ1v) is 4.33. The highest BCUT2D eigenvalue weighted by molar-refractivity contribution is 5.80. The fraction of sp³-hybridized carbons (Fsp3) is 0.250. The topological polar surface area (TPSA) is 82.3 Å². The summed E-state index contributed by atoms with van der Waals surface area (Å²) < 4.78 is 64.3. The SMILES string of the molecule is O=Cc1ncc(C(F)F)c([N+](=O)[O-])c1OC(F)(F)F. The monoisotopic (exact) mass is 286 g/mol. The van der Waals surface area contributed by atoms with Crippen LogP contribution in [0.2, 0.25) is 0 Å². The zero-order valence-electron chi connectivity index (χ0n) is 8.65. The molecule has 0 saturated carbocycles. The van der Waals surface area contributed by atoms with Gasteiger partial charge in [0.15, 0.2) is 12.0 Å². The number of nitrogens with zero attached hydrogens (tertiary/aromatic N) is 2. The van der Waals surface area contributed by atoms with Crippen LogP contribution in [-0.2, 0) is 0 Å². The molecular formula is C8H3F5N2O4. The lowest BCUT2D eigenvalue weighted by molar-refractivity contribution is -0.390. The van der Waals surface area contributed by atoms with Crippen molar-refractivity contribution in [3.05, 3.63) is 27.6 Å². The van der Waals surface area contributed by atoms with E-state index in [4.69, 9.17) is 0 Å². The number of halogens is 5. The van der Waals surface area contributed by atoms with Crippen molar-refractivity contribution >= 4 is 12.0 Å². The molecule has 0 aliphatic carbocycles. The molecule has 0 bridgehead atoms. The van der Waals surface area contributed by atoms with Crippen LogP contribution in [0.1, 0.15) is 22.5 Å². The largest absolute Gasteiger partial charge is 0.573 e. The van der Waals surface area contributed by atoms with Gasteiger partial charge in [0, 0.05) is 6.20 Å². The van der Waals surface area contributed by atoms with E-state index in [1.165, 1.54) is 0 Å². The van der Waals surface area contributed by atoms with Crippen molar-refractivity contribution in [2.24, 2.45) is 0 Å². The Labute approximate surface area is 101 Å². The number of aldehydes is 1. The second kappa shape index (κ2) is 5.12. The van der Waals surface area contributed by atoms with Gasteiger partial charge in [0.2, 0.25) is 5.75 Å². The Hall–Kier alpha value is -2.33. The average molecular weight is 286 g/mol. The lowest BCUT2D eigenvalue weighted by Gasteiger charge is -2.12. The van der Waals surface area contributed by atoms with E-state index in [0.717, 1.165) is 0 Å². The van der Waals surface area contributed by atoms with Crippen LogP contribution in [0.25, 0.3) is 0 Å². The van der Waals surface area contributed by atoms with E-state index in [-0.39, 0.29) is 12.5 Å². The smallest absolute Gasteiger partial charge is 0.396 e. The number of rotatable bonds is 4. The minimum absolute atomic E-state index is 0.246. The fourth-order valence-corrected chi connectivity index (χ4v) is 1.16. The molecule has 6 nitrogen and oxygen atoms in total. The number of nitro groups is 1. The number of alkyl halides is 5. The first-order chi connectivity index (χ1) is 8.67. The summed E-state index contributed by atoms with van der Waals surface area (Å²) in [7, 11) is 0. The Bertz CT molecular complexity index is 517. The van der Waals surface area contributed by atoms with Crippen molar-refractivity contribution in [2.75, 3.05) is 0 Å². The zero-order valence-corrected chi connectivity index (χ0v) is 8.65. The number of aromatic nitrogens is 1. The van der Waals surface area contributed by atoms with Crippen LogP contribution < -0.4 is 4.74 Å². The summed E-state index contributed by atoms with van der Waals surface area (Å²) in [6.45, 7) is 0. The fourth-order valence-electron chi connectivity index (χ4n) is 1.16. The van der Waals surface area contributed by atoms with Crippen LogP contribution in [0, 0.1) is 10.1 Å². The minimum Gasteiger partial charge on any atom is -0.396 e. The van der Waals surface area contributed by atoms with Gasteiger partial charge in [-0.05, 0) is 0 Å². The molecule has 0 N–H and O–H groups in total. The van der Waals surface area contributed by atoms with Gasteiger partial charge in [-0.3, -0.25) is 14.9 Å². The van der Waals surface area contributed by atoms with Gasteiger partial charge in [0.05, 0.1) is 4.92 Å². The van der Waals surface area contributed by atoms with Gasteiger partial charge in [-0.1, -0.05) is 0 Å². The minimum atomic E-state index is -5.40. The molecule has 1 aromatic rings. The summed E-state index contributed by atoms with van der Waals surface area (Å²) in [4.78, 5) is 22.5. The highest BCUT2D eigenvalue weighted by atomic mass is 19.4. The van der Waals surface area contributed by atoms with Gasteiger partial charge < -0.3 is 4.74 Å². The first kappa shape index (κ1) is 14.7. The molecule has 0 unspecified atom stereocenters. The van der Waals surface area contributed by atoms with Crippen molar-refractivity contribution < 1.29 is 36.4 Å². The van der Waals surface area contributed by atoms with E-state index in [1.807, 2.05) is 0 Å². The van der Waals surface area contributed by atoms with E-state index < -0.39 is 40.4 Å². The van der Waals surface area contributed by atoms with Crippen molar-refractivity contribution in [2.45, 2.75) is 12.8 Å². The molecule has 11 heteroatoms. The number of hydrogen-bond donors (Lipinski definition) is 0. The highest BCUT2D eigenvalue weighted by Crippen LogP contribution is 2.39. The number of carbonyl (C=O) groups excluding carboxylic acids is 1. The van der Waals surface area contributed by atoms with Crippen LogP contribution in [0.5, 0.6) is 5.75 Å². The van der Waals surface area contributed by atoms with Crippen molar-refractivity contribution in [3.63, 3.8) is 0 Å². The molecule has 0 atom stereocenters. The molecule has 0 spiro atoms. The van der Waals surface area contributed by atoms with Crippen molar-refractivity contribution in [1.29, 1.82) is 0 Å². The molecular weight excluding hydrogens is 283 g/mol. The van der Waals surface area contributed by atoms with E-state index >= 15 is 0 Å². The van der Waals surface area contributed by atoms with Gasteiger partial charge in [-0.15, -0.1) is 13.2 Å². The summed E-state index contributed by atoms with van der Waals surface area (Å²) in [6, 6.07) is 0. The highest BCUT2D eigenvalue weighted by Gasteiger charge is 2.39. The Morgan fingerprint density at radius 2 is 2.00 bits per heavy atom. The maximum atomic E-state index is 12.5. The molecule has 1 rings (SSSR count). The van der Waals surface area contributed by atoms with Gasteiger partial charge >= 0.3 is 12.0 Å². The van der Waals surface area contributed by atoms with Gasteiger partial charge in [-0.25, -0.2) is 13.8 Å². The third-order valence-corrected chi connectivity index (χ3v) is 1.81. The van der Waals surface area contributed by atoms with Crippen molar-refractivity contribution in [3.8, 4) is 5.75 Å². The molecule has 1 aromatic heterocycles. The molecule has 0 radical (unpaired) electrons. The van der Waals surface area contributed by atoms with E-state index in [9.17, 15) is 36.9 Å². The molecule has 0 fully saturated rings. The van der Waals surface area contributed by atoms with Gasteiger partial charge in [0.1, 0.15) is 5.56 Å². The Balaban J connectivity index is 3.57. The summed E-state index contributed by atoms with van der Waals surface area (Å²) >= 11 is 0. The number of ether oxygens (including phenoxy) is 1. The summed E-state index contributed by atoms with van der Waals surface area (Å²) in [5.74, 6) is -1.66. The zero-order chi connectivity index (χ0) is 14.8. The molecule has 0 saturated heterocycles. The van der Waals surface area contributed by atoms with Crippen LogP contribution in [0.3, 0.4) is 0 Å². The summed E-state index contributed by atoms with van der Waals surface area (Å²) in [5, 5.41) is 10.6. The summed E-state index contributed by atoms with van der Waals surface area (Å²) in [6.07, 6.45) is -8.88. The molecule has 104 valence electrons. The number of carbonyl (C=O) groups is 1.